The highest BCUT2D eigenvalue weighted by atomic mass is 16.6. The van der Waals surface area contributed by atoms with Gasteiger partial charge in [-0.3, -0.25) is 14.9 Å². The molecule has 0 aromatic heterocycles. The molecular formula is C11H13N3O6. The van der Waals surface area contributed by atoms with Crippen molar-refractivity contribution in [3.63, 3.8) is 0 Å². The molecule has 0 radical (unpaired) electrons. The number of nitro benzene ring substituents is 1. The predicted octanol–water partition coefficient (Wildman–Crippen LogP) is 0.205. The van der Waals surface area contributed by atoms with Crippen molar-refractivity contribution in [3.05, 3.63) is 33.9 Å². The lowest BCUT2D eigenvalue weighted by Crippen LogP contribution is -2.34. The van der Waals surface area contributed by atoms with Crippen LogP contribution >= 0.6 is 0 Å². The number of hydrogen-bond acceptors (Lipinski definition) is 6. The van der Waals surface area contributed by atoms with Gasteiger partial charge >= 0.3 is 5.97 Å². The van der Waals surface area contributed by atoms with Gasteiger partial charge in [0.25, 0.3) is 5.69 Å². The van der Waals surface area contributed by atoms with Crippen LogP contribution in [0.3, 0.4) is 0 Å². The molecule has 0 spiro atoms. The molecule has 1 rings (SSSR count). The van der Waals surface area contributed by atoms with E-state index in [9.17, 15) is 19.7 Å². The maximum absolute atomic E-state index is 11.1. The van der Waals surface area contributed by atoms with Crippen LogP contribution in [-0.4, -0.2) is 41.7 Å². The molecule has 0 aliphatic carbocycles. The van der Waals surface area contributed by atoms with Gasteiger partial charge in [-0.1, -0.05) is 0 Å². The van der Waals surface area contributed by atoms with Gasteiger partial charge < -0.3 is 20.9 Å². The normalized spacial score (nSPS) is 11.7. The first-order valence-corrected chi connectivity index (χ1v) is 5.43. The van der Waals surface area contributed by atoms with Crippen LogP contribution in [-0.2, 0) is 9.53 Å². The number of nitrogens with zero attached hydrogens (tertiary/aromatic N) is 1. The van der Waals surface area contributed by atoms with E-state index in [4.69, 9.17) is 15.6 Å². The average molecular weight is 283 g/mol. The summed E-state index contributed by atoms with van der Waals surface area (Å²) in [5.74, 6) is -2.02. The standard InChI is InChI=1S/C11H13N3O6/c1-20-5-8(11(16)17)13-7-4-6(10(12)15)2-3-9(7)14(18)19/h2-4,8,13H,5H2,1H3,(H2,12,15)(H,16,17). The van der Waals surface area contributed by atoms with Crippen molar-refractivity contribution < 1.29 is 24.4 Å². The first-order chi connectivity index (χ1) is 9.36. The summed E-state index contributed by atoms with van der Waals surface area (Å²) in [5, 5.41) is 22.3. The summed E-state index contributed by atoms with van der Waals surface area (Å²) in [5.41, 5.74) is 4.63. The number of anilines is 1. The number of ether oxygens (including phenoxy) is 1. The highest BCUT2D eigenvalue weighted by molar-refractivity contribution is 5.95. The van der Waals surface area contributed by atoms with Crippen molar-refractivity contribution in [2.45, 2.75) is 6.04 Å². The Labute approximate surface area is 113 Å². The van der Waals surface area contributed by atoms with Crippen LogP contribution in [0, 0.1) is 10.1 Å². The van der Waals surface area contributed by atoms with Gasteiger partial charge in [0.05, 0.1) is 11.5 Å². The fraction of sp³-hybridized carbons (Fsp3) is 0.273. The number of carbonyl (C=O) groups excluding carboxylic acids is 1. The number of primary amides is 1. The second kappa shape index (κ2) is 6.48. The maximum atomic E-state index is 11.1. The zero-order valence-corrected chi connectivity index (χ0v) is 10.5. The molecular weight excluding hydrogens is 270 g/mol. The molecule has 0 aliphatic rings. The Morgan fingerprint density at radius 1 is 1.55 bits per heavy atom. The zero-order chi connectivity index (χ0) is 15.3. The number of aliphatic carboxylic acids is 1. The molecule has 0 aliphatic heterocycles. The van der Waals surface area contributed by atoms with Crippen molar-refractivity contribution in [2.24, 2.45) is 5.73 Å². The lowest BCUT2D eigenvalue weighted by atomic mass is 10.1. The van der Waals surface area contributed by atoms with Gasteiger partial charge in [0.1, 0.15) is 11.7 Å². The molecule has 1 unspecified atom stereocenters. The van der Waals surface area contributed by atoms with Crippen molar-refractivity contribution in [2.75, 3.05) is 19.0 Å². The summed E-state index contributed by atoms with van der Waals surface area (Å²) in [6.45, 7) is -0.201. The molecule has 20 heavy (non-hydrogen) atoms. The molecule has 0 heterocycles. The van der Waals surface area contributed by atoms with Crippen LogP contribution in [0.25, 0.3) is 0 Å². The Kier molecular flexibility index (Phi) is 4.98. The third-order valence-electron chi connectivity index (χ3n) is 2.44. The van der Waals surface area contributed by atoms with Crippen LogP contribution in [0.15, 0.2) is 18.2 Å². The summed E-state index contributed by atoms with van der Waals surface area (Å²) in [6.07, 6.45) is 0. The van der Waals surface area contributed by atoms with Gasteiger partial charge in [-0.25, -0.2) is 4.79 Å². The number of hydrogen-bond donors (Lipinski definition) is 3. The van der Waals surface area contributed by atoms with Crippen molar-refractivity contribution in [1.82, 2.24) is 0 Å². The molecule has 0 fully saturated rings. The van der Waals surface area contributed by atoms with Crippen LogP contribution in [0.2, 0.25) is 0 Å². The molecule has 9 nitrogen and oxygen atoms in total. The lowest BCUT2D eigenvalue weighted by molar-refractivity contribution is -0.384. The first kappa shape index (κ1) is 15.4. The van der Waals surface area contributed by atoms with E-state index in [0.29, 0.717) is 0 Å². The lowest BCUT2D eigenvalue weighted by Gasteiger charge is -2.15. The van der Waals surface area contributed by atoms with E-state index < -0.39 is 22.8 Å². The molecule has 108 valence electrons. The fourth-order valence-corrected chi connectivity index (χ4v) is 1.49. The van der Waals surface area contributed by atoms with Crippen LogP contribution in [0.1, 0.15) is 10.4 Å². The second-order valence-corrected chi connectivity index (χ2v) is 3.84. The second-order valence-electron chi connectivity index (χ2n) is 3.84. The monoisotopic (exact) mass is 283 g/mol. The molecule has 0 saturated carbocycles. The van der Waals surface area contributed by atoms with E-state index in [2.05, 4.69) is 5.32 Å². The number of carboxylic acids is 1. The number of amides is 1. The maximum Gasteiger partial charge on any atom is 0.328 e. The minimum atomic E-state index is -1.24. The quantitative estimate of drug-likeness (QED) is 0.478. The number of methoxy groups -OCH3 is 1. The van der Waals surface area contributed by atoms with E-state index in [1.165, 1.54) is 13.2 Å². The van der Waals surface area contributed by atoms with Crippen molar-refractivity contribution in [3.8, 4) is 0 Å². The van der Waals surface area contributed by atoms with Crippen LogP contribution in [0.5, 0.6) is 0 Å². The zero-order valence-electron chi connectivity index (χ0n) is 10.5. The van der Waals surface area contributed by atoms with E-state index in [1.807, 2.05) is 0 Å². The Morgan fingerprint density at radius 2 is 2.20 bits per heavy atom. The van der Waals surface area contributed by atoms with Gasteiger partial charge in [0.15, 0.2) is 0 Å². The third kappa shape index (κ3) is 3.65. The van der Waals surface area contributed by atoms with E-state index >= 15 is 0 Å². The fourth-order valence-electron chi connectivity index (χ4n) is 1.49. The SMILES string of the molecule is COCC(Nc1cc(C(N)=O)ccc1[N+](=O)[O-])C(=O)O. The summed E-state index contributed by atoms with van der Waals surface area (Å²) in [7, 11) is 1.30. The average Bonchev–Trinajstić information content (AvgIpc) is 2.37. The van der Waals surface area contributed by atoms with Crippen molar-refractivity contribution >= 4 is 23.3 Å². The minimum Gasteiger partial charge on any atom is -0.480 e. The Bertz CT molecular complexity index is 545. The molecule has 0 bridgehead atoms. The topological polar surface area (TPSA) is 145 Å². The Hall–Kier alpha value is -2.68. The number of carboxylic acid groups (broad SMARTS) is 1. The van der Waals surface area contributed by atoms with Crippen LogP contribution in [0.4, 0.5) is 11.4 Å². The number of carbonyl (C=O) groups is 2. The predicted molar refractivity (Wildman–Crippen MR) is 68.5 cm³/mol. The van der Waals surface area contributed by atoms with E-state index in [1.54, 1.807) is 0 Å². The molecule has 9 heteroatoms. The smallest absolute Gasteiger partial charge is 0.328 e. The number of nitro groups is 1. The van der Waals surface area contributed by atoms with Crippen molar-refractivity contribution in [1.29, 1.82) is 0 Å². The largest absolute Gasteiger partial charge is 0.480 e. The van der Waals surface area contributed by atoms with Crippen LogP contribution < -0.4 is 11.1 Å². The summed E-state index contributed by atoms with van der Waals surface area (Å²) in [6, 6.07) is 2.21. The number of nitrogens with two attached hydrogens (primary N) is 1. The minimum absolute atomic E-state index is 0.0275. The van der Waals surface area contributed by atoms with Gasteiger partial charge in [0.2, 0.25) is 5.91 Å². The van der Waals surface area contributed by atoms with E-state index in [-0.39, 0.29) is 23.5 Å². The molecule has 1 atom stereocenters. The van der Waals surface area contributed by atoms with E-state index in [0.717, 1.165) is 12.1 Å². The number of benzene rings is 1. The summed E-state index contributed by atoms with van der Waals surface area (Å²) in [4.78, 5) is 32.2. The summed E-state index contributed by atoms with van der Waals surface area (Å²) >= 11 is 0. The molecule has 0 saturated heterocycles. The highest BCUT2D eigenvalue weighted by Crippen LogP contribution is 2.26. The van der Waals surface area contributed by atoms with Gasteiger partial charge in [0, 0.05) is 18.7 Å². The van der Waals surface area contributed by atoms with Gasteiger partial charge in [-0.2, -0.15) is 0 Å². The number of nitrogens with one attached hydrogen (secondary N) is 1. The first-order valence-electron chi connectivity index (χ1n) is 5.43. The molecule has 4 N–H and O–H groups in total. The Balaban J connectivity index is 3.18. The molecule has 1 aromatic carbocycles. The number of rotatable bonds is 7. The summed E-state index contributed by atoms with van der Waals surface area (Å²) < 4.78 is 4.71. The third-order valence-corrected chi connectivity index (χ3v) is 2.44. The highest BCUT2D eigenvalue weighted by Gasteiger charge is 2.23. The van der Waals surface area contributed by atoms with Gasteiger partial charge in [-0.05, 0) is 12.1 Å². The molecule has 1 amide bonds. The molecule has 1 aromatic rings. The van der Waals surface area contributed by atoms with Gasteiger partial charge in [-0.15, -0.1) is 0 Å². The Morgan fingerprint density at radius 3 is 2.65 bits per heavy atom.